The predicted molar refractivity (Wildman–Crippen MR) is 93.6 cm³/mol. The molecule has 0 N–H and O–H groups in total. The largest absolute Gasteiger partial charge is 0.347 e. The lowest BCUT2D eigenvalue weighted by Crippen LogP contribution is -2.48. The van der Waals surface area contributed by atoms with Crippen molar-refractivity contribution in [2.45, 2.75) is 31.1 Å². The normalized spacial score (nSPS) is 22.7. The van der Waals surface area contributed by atoms with Gasteiger partial charge in [-0.25, -0.2) is 15.0 Å². The molecule has 2 aromatic heterocycles. The van der Waals surface area contributed by atoms with Gasteiger partial charge in [0.25, 0.3) is 5.91 Å². The number of likely N-dealkylation sites (tertiary alicyclic amines) is 1. The average molecular weight is 343 g/mol. The number of anilines is 1. The second-order valence-electron chi connectivity index (χ2n) is 6.92. The molecule has 1 aliphatic heterocycles. The monoisotopic (exact) mass is 343 g/mol. The number of carbonyl (C=O) groups excluding carboxylic acids is 1. The van der Waals surface area contributed by atoms with Crippen LogP contribution in [-0.2, 0) is 11.8 Å². The molecule has 1 atom stereocenters. The first-order valence-electron chi connectivity index (χ1n) is 8.30. The van der Waals surface area contributed by atoms with Crippen LogP contribution >= 0.6 is 11.3 Å². The molecule has 1 amide bonds. The van der Waals surface area contributed by atoms with Crippen molar-refractivity contribution in [3.63, 3.8) is 0 Å². The van der Waals surface area contributed by atoms with Gasteiger partial charge in [-0.1, -0.05) is 0 Å². The van der Waals surface area contributed by atoms with Gasteiger partial charge in [0.15, 0.2) is 0 Å². The van der Waals surface area contributed by atoms with Crippen LogP contribution in [0, 0.1) is 0 Å². The number of thiazole rings is 1. The molecule has 2 aliphatic rings. The Morgan fingerprint density at radius 1 is 1.33 bits per heavy atom. The van der Waals surface area contributed by atoms with Gasteiger partial charge in [0.05, 0.1) is 11.2 Å². The molecule has 1 unspecified atom stereocenters. The van der Waals surface area contributed by atoms with E-state index < -0.39 is 0 Å². The fourth-order valence-electron chi connectivity index (χ4n) is 3.93. The van der Waals surface area contributed by atoms with Crippen molar-refractivity contribution >= 4 is 23.2 Å². The van der Waals surface area contributed by atoms with E-state index in [2.05, 4.69) is 9.97 Å². The minimum atomic E-state index is -0.0209. The molecular weight excluding hydrogens is 322 g/mol. The van der Waals surface area contributed by atoms with Gasteiger partial charge >= 0.3 is 0 Å². The van der Waals surface area contributed by atoms with Crippen molar-refractivity contribution in [3.05, 3.63) is 34.0 Å². The predicted octanol–water partition coefficient (Wildman–Crippen LogP) is 2.12. The van der Waals surface area contributed by atoms with Crippen molar-refractivity contribution in [1.29, 1.82) is 0 Å². The third-order valence-corrected chi connectivity index (χ3v) is 5.73. The molecule has 126 valence electrons. The molecule has 24 heavy (non-hydrogen) atoms. The Morgan fingerprint density at radius 2 is 2.21 bits per heavy atom. The highest BCUT2D eigenvalue weighted by Crippen LogP contribution is 2.44. The van der Waals surface area contributed by atoms with E-state index in [0.717, 1.165) is 50.4 Å². The molecule has 1 spiro atoms. The Morgan fingerprint density at radius 3 is 2.96 bits per heavy atom. The standard InChI is InChI=1S/C17H21N5OS/c1-21(2)16-18-8-12-4-6-17(14(12)20-16)5-3-7-22(10-17)15(23)13-9-24-11-19-13/h8-9,11H,3-7,10H2,1-2H3. The molecule has 2 aromatic rings. The summed E-state index contributed by atoms with van der Waals surface area (Å²) in [5.41, 5.74) is 4.65. The van der Waals surface area contributed by atoms with Crippen molar-refractivity contribution in [2.24, 2.45) is 0 Å². The maximum Gasteiger partial charge on any atom is 0.273 e. The molecule has 0 radical (unpaired) electrons. The molecule has 6 nitrogen and oxygen atoms in total. The number of hydrogen-bond donors (Lipinski definition) is 0. The van der Waals surface area contributed by atoms with E-state index in [1.807, 2.05) is 35.5 Å². The summed E-state index contributed by atoms with van der Waals surface area (Å²) in [4.78, 5) is 30.1. The second kappa shape index (κ2) is 5.81. The molecule has 1 fully saturated rings. The molecule has 7 heteroatoms. The van der Waals surface area contributed by atoms with Crippen molar-refractivity contribution in [3.8, 4) is 0 Å². The van der Waals surface area contributed by atoms with E-state index in [1.54, 1.807) is 5.51 Å². The summed E-state index contributed by atoms with van der Waals surface area (Å²) >= 11 is 1.46. The number of aromatic nitrogens is 3. The van der Waals surface area contributed by atoms with Crippen molar-refractivity contribution in [1.82, 2.24) is 19.9 Å². The summed E-state index contributed by atoms with van der Waals surface area (Å²) in [7, 11) is 3.92. The number of hydrogen-bond acceptors (Lipinski definition) is 6. The first-order chi connectivity index (χ1) is 11.6. The summed E-state index contributed by atoms with van der Waals surface area (Å²) in [5, 5.41) is 1.83. The third kappa shape index (κ3) is 2.47. The van der Waals surface area contributed by atoms with Gasteiger partial charge < -0.3 is 9.80 Å². The van der Waals surface area contributed by atoms with Crippen LogP contribution in [0.1, 0.15) is 41.0 Å². The van der Waals surface area contributed by atoms with Gasteiger partial charge in [-0.15, -0.1) is 11.3 Å². The topological polar surface area (TPSA) is 62.2 Å². The summed E-state index contributed by atoms with van der Waals surface area (Å²) in [6.07, 6.45) is 6.12. The summed E-state index contributed by atoms with van der Waals surface area (Å²) in [6.45, 7) is 1.54. The number of carbonyl (C=O) groups is 1. The van der Waals surface area contributed by atoms with E-state index >= 15 is 0 Å². The second-order valence-corrected chi connectivity index (χ2v) is 7.64. The van der Waals surface area contributed by atoms with Crippen LogP contribution in [0.15, 0.2) is 17.1 Å². The van der Waals surface area contributed by atoms with Gasteiger partial charge in [0.1, 0.15) is 5.69 Å². The summed E-state index contributed by atoms with van der Waals surface area (Å²) in [6, 6.07) is 0. The van der Waals surface area contributed by atoms with Gasteiger partial charge in [0, 0.05) is 44.2 Å². The lowest BCUT2D eigenvalue weighted by Gasteiger charge is -2.40. The highest BCUT2D eigenvalue weighted by Gasteiger charge is 2.45. The maximum atomic E-state index is 12.7. The highest BCUT2D eigenvalue weighted by molar-refractivity contribution is 7.07. The zero-order valence-corrected chi connectivity index (χ0v) is 14.8. The number of nitrogens with zero attached hydrogens (tertiary/aromatic N) is 5. The Kier molecular flexibility index (Phi) is 3.75. The fraction of sp³-hybridized carbons (Fsp3) is 0.529. The SMILES string of the molecule is CN(C)c1ncc2c(n1)C1(CCCN(C(=O)c3cscn3)C1)CC2. The van der Waals surface area contributed by atoms with Crippen LogP contribution in [0.25, 0.3) is 0 Å². The van der Waals surface area contributed by atoms with E-state index in [9.17, 15) is 4.79 Å². The third-order valence-electron chi connectivity index (χ3n) is 5.14. The van der Waals surface area contributed by atoms with Crippen LogP contribution in [0.3, 0.4) is 0 Å². The number of piperidine rings is 1. The number of amides is 1. The molecule has 4 rings (SSSR count). The molecular formula is C17H21N5OS. The number of rotatable bonds is 2. The first-order valence-corrected chi connectivity index (χ1v) is 9.24. The lowest BCUT2D eigenvalue weighted by atomic mass is 9.77. The van der Waals surface area contributed by atoms with E-state index in [1.165, 1.54) is 16.9 Å². The van der Waals surface area contributed by atoms with Crippen LogP contribution < -0.4 is 4.90 Å². The minimum Gasteiger partial charge on any atom is -0.347 e. The Balaban J connectivity index is 1.65. The zero-order chi connectivity index (χ0) is 16.7. The minimum absolute atomic E-state index is 0.0209. The van der Waals surface area contributed by atoms with Gasteiger partial charge in [0.2, 0.25) is 5.95 Å². The van der Waals surface area contributed by atoms with Crippen LogP contribution in [0.5, 0.6) is 0 Å². The highest BCUT2D eigenvalue weighted by atomic mass is 32.1. The fourth-order valence-corrected chi connectivity index (χ4v) is 4.46. The average Bonchev–Trinajstić information content (AvgIpc) is 3.23. The van der Waals surface area contributed by atoms with Crippen LogP contribution in [-0.4, -0.2) is 52.9 Å². The Labute approximate surface area is 145 Å². The van der Waals surface area contributed by atoms with Gasteiger partial charge in [-0.2, -0.15) is 0 Å². The number of aryl methyl sites for hydroxylation is 1. The smallest absolute Gasteiger partial charge is 0.273 e. The van der Waals surface area contributed by atoms with Gasteiger partial charge in [-0.05, 0) is 31.2 Å². The first kappa shape index (κ1) is 15.5. The van der Waals surface area contributed by atoms with Crippen LogP contribution in [0.2, 0.25) is 0 Å². The number of fused-ring (bicyclic) bond motifs is 2. The quantitative estimate of drug-likeness (QED) is 0.836. The molecule has 1 aliphatic carbocycles. The van der Waals surface area contributed by atoms with E-state index in [4.69, 9.17) is 4.98 Å². The van der Waals surface area contributed by atoms with E-state index in [0.29, 0.717) is 5.69 Å². The maximum absolute atomic E-state index is 12.7. The summed E-state index contributed by atoms with van der Waals surface area (Å²) in [5.74, 6) is 0.795. The molecule has 0 aromatic carbocycles. The van der Waals surface area contributed by atoms with Crippen LogP contribution in [0.4, 0.5) is 5.95 Å². The summed E-state index contributed by atoms with van der Waals surface area (Å²) < 4.78 is 0. The zero-order valence-electron chi connectivity index (χ0n) is 14.0. The van der Waals surface area contributed by atoms with Gasteiger partial charge in [-0.3, -0.25) is 4.79 Å². The van der Waals surface area contributed by atoms with E-state index in [-0.39, 0.29) is 11.3 Å². The molecule has 0 bridgehead atoms. The Hall–Kier alpha value is -2.02. The Bertz CT molecular complexity index is 756. The van der Waals surface area contributed by atoms with Crippen molar-refractivity contribution < 1.29 is 4.79 Å². The lowest BCUT2D eigenvalue weighted by molar-refractivity contribution is 0.0628. The molecule has 1 saturated heterocycles. The van der Waals surface area contributed by atoms with Crippen molar-refractivity contribution in [2.75, 3.05) is 32.1 Å². The molecule has 0 saturated carbocycles. The molecule has 3 heterocycles.